The van der Waals surface area contributed by atoms with Gasteiger partial charge < -0.3 is 5.11 Å². The number of phenolic OH excluding ortho intramolecular Hbond substituents is 1. The smallest absolute Gasteiger partial charge is 0.149 e. The zero-order chi connectivity index (χ0) is 48.6. The first-order valence-electron chi connectivity index (χ1n) is 24.2. The van der Waals surface area contributed by atoms with Gasteiger partial charge in [-0.2, -0.15) is 0 Å². The summed E-state index contributed by atoms with van der Waals surface area (Å²) in [5.74, 6) is 1.14. The van der Waals surface area contributed by atoms with Crippen molar-refractivity contribution in [1.29, 1.82) is 0 Å². The van der Waals surface area contributed by atoms with Gasteiger partial charge >= 0.3 is 0 Å². The third kappa shape index (κ3) is 7.97. The van der Waals surface area contributed by atoms with E-state index >= 15 is 0 Å². The summed E-state index contributed by atoms with van der Waals surface area (Å²) in [6.45, 7) is 18.9. The number of benzene rings is 6. The number of para-hydroxylation sites is 1. The van der Waals surface area contributed by atoms with Gasteiger partial charge in [0.2, 0.25) is 0 Å². The molecular formula is C55H55N3O. The molecule has 2 aromatic heterocycles. The van der Waals surface area contributed by atoms with Crippen LogP contribution in [0.2, 0.25) is 0 Å². The zero-order valence-electron chi connectivity index (χ0n) is 43.3. The first kappa shape index (κ1) is 30.8. The molecule has 0 fully saturated rings. The van der Waals surface area contributed by atoms with Gasteiger partial charge in [0.25, 0.3) is 0 Å². The lowest BCUT2D eigenvalue weighted by Gasteiger charge is -2.23. The molecule has 0 bridgehead atoms. The van der Waals surface area contributed by atoms with Crippen LogP contribution in [0.25, 0.3) is 72.7 Å². The molecule has 59 heavy (non-hydrogen) atoms. The maximum absolute atomic E-state index is 12.3. The van der Waals surface area contributed by atoms with E-state index in [1.54, 1.807) is 0 Å². The molecule has 2 heterocycles. The molecule has 4 nitrogen and oxygen atoms in total. The van der Waals surface area contributed by atoms with E-state index in [-0.39, 0.29) is 34.0 Å². The molecule has 0 saturated carbocycles. The van der Waals surface area contributed by atoms with Crippen LogP contribution < -0.4 is 0 Å². The molecule has 0 atom stereocenters. The average molecular weight is 782 g/mol. The molecule has 0 amide bonds. The van der Waals surface area contributed by atoms with Crippen molar-refractivity contribution in [3.63, 3.8) is 0 Å². The molecule has 4 heteroatoms. The highest BCUT2D eigenvalue weighted by Crippen LogP contribution is 2.44. The number of pyridine rings is 1. The van der Waals surface area contributed by atoms with Crippen molar-refractivity contribution in [2.75, 3.05) is 0 Å². The molecule has 0 aliphatic heterocycles. The van der Waals surface area contributed by atoms with Crippen LogP contribution in [-0.4, -0.2) is 19.6 Å². The maximum Gasteiger partial charge on any atom is 0.149 e. The standard InChI is InChI=1S/C55H55N3O/c1-35(2)27-37-23-24-49(45(30-37)39-19-14-11-15-20-39)58-50-22-16-21-44(51(50)57-53(58)46-28-36(3)29-47(52(46)59)55(7,8)9)41-31-42(33-43(32-41)54(4,5)6)48-34-40(25-26-56-48)38-17-12-10-13-18-38/h10-26,28-35,59H,27H2,1-9H3/i10D,12D,13D,17D,18D,25D,26D,34D. The number of aromatic nitrogens is 3. The van der Waals surface area contributed by atoms with Crippen LogP contribution in [0.1, 0.15) is 88.6 Å². The minimum Gasteiger partial charge on any atom is -0.507 e. The van der Waals surface area contributed by atoms with Crippen molar-refractivity contribution < 1.29 is 16.1 Å². The minimum absolute atomic E-state index is 0.0296. The number of phenols is 1. The van der Waals surface area contributed by atoms with Gasteiger partial charge in [0.1, 0.15) is 11.6 Å². The average Bonchev–Trinajstić information content (AvgIpc) is 3.66. The van der Waals surface area contributed by atoms with Gasteiger partial charge in [0, 0.05) is 28.4 Å². The predicted molar refractivity (Wildman–Crippen MR) is 248 cm³/mol. The summed E-state index contributed by atoms with van der Waals surface area (Å²) in [7, 11) is 0. The highest BCUT2D eigenvalue weighted by Gasteiger charge is 2.27. The number of aryl methyl sites for hydroxylation is 1. The van der Waals surface area contributed by atoms with Crippen LogP contribution in [-0.2, 0) is 17.3 Å². The summed E-state index contributed by atoms with van der Waals surface area (Å²) < 4.78 is 71.6. The zero-order valence-corrected chi connectivity index (χ0v) is 35.3. The van der Waals surface area contributed by atoms with Crippen molar-refractivity contribution >= 4 is 11.0 Å². The molecule has 0 spiro atoms. The predicted octanol–water partition coefficient (Wildman–Crippen LogP) is 14.6. The van der Waals surface area contributed by atoms with E-state index in [4.69, 9.17) is 14.6 Å². The van der Waals surface area contributed by atoms with Gasteiger partial charge in [-0.3, -0.25) is 9.55 Å². The number of hydrogen-bond acceptors (Lipinski definition) is 3. The number of aromatic hydroxyl groups is 1. The first-order valence-corrected chi connectivity index (χ1v) is 20.2. The van der Waals surface area contributed by atoms with Gasteiger partial charge in [-0.25, -0.2) is 4.98 Å². The molecule has 0 radical (unpaired) electrons. The second kappa shape index (κ2) is 15.5. The van der Waals surface area contributed by atoms with Gasteiger partial charge in [-0.05, 0) is 118 Å². The molecule has 0 aliphatic rings. The lowest BCUT2D eigenvalue weighted by Crippen LogP contribution is -2.12. The van der Waals surface area contributed by atoms with Gasteiger partial charge in [-0.15, -0.1) is 0 Å². The lowest BCUT2D eigenvalue weighted by molar-refractivity contribution is 0.448. The molecule has 8 aromatic rings. The van der Waals surface area contributed by atoms with Crippen LogP contribution in [0.4, 0.5) is 0 Å². The highest BCUT2D eigenvalue weighted by atomic mass is 16.3. The van der Waals surface area contributed by atoms with Crippen LogP contribution in [0.3, 0.4) is 0 Å². The molecule has 0 unspecified atom stereocenters. The Morgan fingerprint density at radius 1 is 0.678 bits per heavy atom. The molecule has 1 N–H and O–H groups in total. The van der Waals surface area contributed by atoms with Crippen molar-refractivity contribution in [2.45, 2.75) is 79.6 Å². The van der Waals surface area contributed by atoms with E-state index in [1.165, 1.54) is 5.56 Å². The van der Waals surface area contributed by atoms with Crippen molar-refractivity contribution in [1.82, 2.24) is 14.5 Å². The summed E-state index contributed by atoms with van der Waals surface area (Å²) in [5, 5.41) is 12.3. The fraction of sp³-hybridized carbons (Fsp3) is 0.236. The van der Waals surface area contributed by atoms with Crippen LogP contribution in [0.15, 0.2) is 146 Å². The number of fused-ring (bicyclic) bond motifs is 1. The number of rotatable bonds is 8. The van der Waals surface area contributed by atoms with Gasteiger partial charge in [0.05, 0.1) is 38.9 Å². The first-order chi connectivity index (χ1) is 31.5. The summed E-state index contributed by atoms with van der Waals surface area (Å²) in [6.07, 6.45) is 0.398. The second-order valence-corrected chi connectivity index (χ2v) is 18.0. The monoisotopic (exact) mass is 781 g/mol. The van der Waals surface area contributed by atoms with Crippen LogP contribution in [0, 0.1) is 12.8 Å². The summed E-state index contributed by atoms with van der Waals surface area (Å²) in [5.41, 5.74) is 9.38. The van der Waals surface area contributed by atoms with Crippen molar-refractivity contribution in [2.24, 2.45) is 5.92 Å². The largest absolute Gasteiger partial charge is 0.507 e. The fourth-order valence-electron chi connectivity index (χ4n) is 7.81. The Labute approximate surface area is 361 Å². The lowest BCUT2D eigenvalue weighted by atomic mass is 9.83. The normalized spacial score (nSPS) is 14.0. The number of imidazole rings is 1. The molecule has 296 valence electrons. The molecular weight excluding hydrogens is 719 g/mol. The number of nitrogens with zero attached hydrogens (tertiary/aromatic N) is 3. The third-order valence-corrected chi connectivity index (χ3v) is 10.7. The number of hydrogen-bond donors (Lipinski definition) is 1. The Bertz CT molecular complexity index is 3240. The fourth-order valence-corrected chi connectivity index (χ4v) is 7.81. The Balaban J connectivity index is 1.46. The van der Waals surface area contributed by atoms with Crippen molar-refractivity contribution in [3.05, 3.63) is 168 Å². The van der Waals surface area contributed by atoms with Crippen LogP contribution in [0.5, 0.6) is 5.75 Å². The van der Waals surface area contributed by atoms with E-state index in [0.717, 1.165) is 56.6 Å². The molecule has 8 rings (SSSR count). The Morgan fingerprint density at radius 3 is 2.14 bits per heavy atom. The highest BCUT2D eigenvalue weighted by molar-refractivity contribution is 5.98. The summed E-state index contributed by atoms with van der Waals surface area (Å²) in [6, 6.07) is 29.0. The van der Waals surface area contributed by atoms with Gasteiger partial charge in [0.15, 0.2) is 0 Å². The topological polar surface area (TPSA) is 50.9 Å². The van der Waals surface area contributed by atoms with E-state index in [9.17, 15) is 6.48 Å². The summed E-state index contributed by atoms with van der Waals surface area (Å²) in [4.78, 5) is 9.97. The molecule has 6 aromatic carbocycles. The quantitative estimate of drug-likeness (QED) is 0.167. The van der Waals surface area contributed by atoms with Gasteiger partial charge in [-0.1, -0.05) is 146 Å². The molecule has 0 saturated heterocycles. The summed E-state index contributed by atoms with van der Waals surface area (Å²) >= 11 is 0. The van der Waals surface area contributed by atoms with E-state index in [0.29, 0.717) is 28.4 Å². The third-order valence-electron chi connectivity index (χ3n) is 10.7. The minimum atomic E-state index is -0.598. The van der Waals surface area contributed by atoms with Crippen molar-refractivity contribution in [3.8, 4) is 67.5 Å². The molecule has 0 aliphatic carbocycles. The van der Waals surface area contributed by atoms with E-state index in [1.807, 2.05) is 67.6 Å². The maximum atomic E-state index is 12.3. The van der Waals surface area contributed by atoms with E-state index in [2.05, 4.69) is 101 Å². The Morgan fingerprint density at radius 2 is 1.42 bits per heavy atom. The Kier molecular flexibility index (Phi) is 8.08. The Hall–Kier alpha value is -6.26. The SMILES string of the molecule is [2H]c1nc(-c2cc(-c3cccc4c3nc(-c3cc(C)cc(C(C)(C)C)c3O)n4-c3ccc(CC(C)C)cc3-c3ccccc3)cc(C(C)(C)C)c2)c([2H])c(-c2c([2H])c([2H])c([2H])c([2H])c2[2H])c1[2H]. The van der Waals surface area contributed by atoms with Crippen LogP contribution >= 0.6 is 0 Å². The van der Waals surface area contributed by atoms with E-state index < -0.39 is 47.8 Å². The second-order valence-electron chi connectivity index (χ2n) is 18.0.